The first kappa shape index (κ1) is 11.2. The molecule has 4 radical (unpaired) electrons. The second-order valence-corrected chi connectivity index (χ2v) is 4.29. The van der Waals surface area contributed by atoms with Crippen LogP contribution in [0.15, 0.2) is 0 Å². The van der Waals surface area contributed by atoms with E-state index >= 15 is 0 Å². The second kappa shape index (κ2) is 2.33. The summed E-state index contributed by atoms with van der Waals surface area (Å²) in [6.45, 7) is 0. The van der Waals surface area contributed by atoms with Crippen LogP contribution in [-0.4, -0.2) is 47.6 Å². The van der Waals surface area contributed by atoms with Gasteiger partial charge in [0, 0.05) is 27.3 Å². The fourth-order valence-corrected chi connectivity index (χ4v) is 0. The standard InChI is InChI=1S/5FH.Pb.Sb/h5*1H;;/q;;;;;;+5/p-5. The van der Waals surface area contributed by atoms with E-state index in [2.05, 4.69) is 0 Å². The van der Waals surface area contributed by atoms with Crippen LogP contribution in [0.4, 0.5) is 14.1 Å². The molecule has 0 spiro atoms. The van der Waals surface area contributed by atoms with E-state index in [1.54, 1.807) is 0 Å². The van der Waals surface area contributed by atoms with Gasteiger partial charge in [-0.2, -0.15) is 0 Å². The van der Waals surface area contributed by atoms with E-state index < -0.39 is 20.3 Å². The van der Waals surface area contributed by atoms with Crippen molar-refractivity contribution in [1.82, 2.24) is 0 Å². The summed E-state index contributed by atoms with van der Waals surface area (Å²) in [6.07, 6.45) is 0. The Morgan fingerprint density at radius 1 is 0.714 bits per heavy atom. The molecule has 0 nitrogen and oxygen atoms in total. The summed E-state index contributed by atoms with van der Waals surface area (Å²) < 4.78 is 49.6. The van der Waals surface area contributed by atoms with Crippen molar-refractivity contribution in [2.75, 3.05) is 0 Å². The largest absolute Gasteiger partial charge is 0 e. The van der Waals surface area contributed by atoms with Crippen molar-refractivity contribution in [3.63, 3.8) is 0 Å². The zero-order chi connectivity index (χ0) is 5.45. The molecule has 0 saturated heterocycles. The predicted octanol–water partition coefficient (Wildman–Crippen LogP) is 1.34. The van der Waals surface area contributed by atoms with Crippen LogP contribution in [0.5, 0.6) is 0 Å². The van der Waals surface area contributed by atoms with Crippen molar-refractivity contribution >= 4 is 47.6 Å². The van der Waals surface area contributed by atoms with Gasteiger partial charge in [0.1, 0.15) is 0 Å². The van der Waals surface area contributed by atoms with Gasteiger partial charge in [0.15, 0.2) is 0 Å². The molecule has 0 N–H and O–H groups in total. The van der Waals surface area contributed by atoms with E-state index in [-0.39, 0.29) is 27.3 Å². The molecule has 0 heterocycles. The molecule has 7 heavy (non-hydrogen) atoms. The summed E-state index contributed by atoms with van der Waals surface area (Å²) in [4.78, 5) is 0. The van der Waals surface area contributed by atoms with Gasteiger partial charge in [0.05, 0.1) is 0 Å². The van der Waals surface area contributed by atoms with Crippen molar-refractivity contribution in [2.45, 2.75) is 0 Å². The monoisotopic (exact) mass is 424 g/mol. The zero-order valence-corrected chi connectivity index (χ0v) is 9.28. The van der Waals surface area contributed by atoms with Crippen LogP contribution >= 0.6 is 0 Å². The minimum atomic E-state index is -9.19. The molecule has 0 atom stereocenters. The topological polar surface area (TPSA) is 0 Å². The molecule has 0 saturated carbocycles. The summed E-state index contributed by atoms with van der Waals surface area (Å²) >= 11 is -9.19. The minimum absolute atomic E-state index is 0. The third-order valence-corrected chi connectivity index (χ3v) is 0. The Bertz CT molecular complexity index is 41.3. The molecule has 0 aromatic carbocycles. The molecular formula is F5PbSb. The molecule has 0 aliphatic rings. The van der Waals surface area contributed by atoms with Gasteiger partial charge in [-0.25, -0.2) is 0 Å². The first-order valence-corrected chi connectivity index (χ1v) is 5.67. The van der Waals surface area contributed by atoms with Gasteiger partial charge >= 0.3 is 34.4 Å². The van der Waals surface area contributed by atoms with Gasteiger partial charge in [0.2, 0.25) is 0 Å². The molecule has 0 fully saturated rings. The van der Waals surface area contributed by atoms with Crippen LogP contribution in [0, 0.1) is 0 Å². The third kappa shape index (κ3) is 111. The Kier molecular flexibility index (Phi) is 3.73. The number of halogens is 5. The van der Waals surface area contributed by atoms with E-state index in [9.17, 15) is 14.1 Å². The molecule has 0 unspecified atom stereocenters. The van der Waals surface area contributed by atoms with Crippen molar-refractivity contribution < 1.29 is 14.1 Å². The predicted molar refractivity (Wildman–Crippen MR) is 17.0 cm³/mol. The van der Waals surface area contributed by atoms with Crippen LogP contribution in [-0.2, 0) is 0 Å². The molecule has 0 bridgehead atoms. The summed E-state index contributed by atoms with van der Waals surface area (Å²) in [6, 6.07) is 0. The summed E-state index contributed by atoms with van der Waals surface area (Å²) in [5.41, 5.74) is 0. The molecule has 0 amide bonds. The van der Waals surface area contributed by atoms with E-state index in [4.69, 9.17) is 0 Å². The average molecular weight is 424 g/mol. The average Bonchev–Trinajstić information content (AvgIpc) is 0.650. The number of hydrogen-bond acceptors (Lipinski definition) is 0. The van der Waals surface area contributed by atoms with E-state index in [1.807, 2.05) is 0 Å². The van der Waals surface area contributed by atoms with Crippen LogP contribution in [0.3, 0.4) is 0 Å². The van der Waals surface area contributed by atoms with Crippen LogP contribution in [0.25, 0.3) is 0 Å². The normalized spacial score (nSPS) is 16.4. The molecular weight excluding hydrogens is 424 g/mol. The maximum Gasteiger partial charge on any atom is 0 e. The second-order valence-electron chi connectivity index (χ2n) is 0.639. The Morgan fingerprint density at radius 2 is 0.714 bits per heavy atom. The van der Waals surface area contributed by atoms with Gasteiger partial charge in [-0.15, -0.1) is 0 Å². The van der Waals surface area contributed by atoms with E-state index in [0.717, 1.165) is 0 Å². The van der Waals surface area contributed by atoms with Gasteiger partial charge in [-0.3, -0.25) is 0 Å². The van der Waals surface area contributed by atoms with Crippen molar-refractivity contribution in [3.8, 4) is 0 Å². The quantitative estimate of drug-likeness (QED) is 0.407. The Morgan fingerprint density at radius 3 is 0.714 bits per heavy atom. The summed E-state index contributed by atoms with van der Waals surface area (Å²) in [5, 5.41) is 0. The van der Waals surface area contributed by atoms with Crippen molar-refractivity contribution in [1.29, 1.82) is 0 Å². The fraction of sp³-hybridized carbons (Fsp3) is 0. The Labute approximate surface area is 61.3 Å². The number of rotatable bonds is 0. The van der Waals surface area contributed by atoms with Crippen molar-refractivity contribution in [3.05, 3.63) is 0 Å². The van der Waals surface area contributed by atoms with Crippen LogP contribution in [0.2, 0.25) is 0 Å². The maximum atomic E-state index is 9.91. The maximum absolute atomic E-state index is 9.91. The molecule has 0 aromatic rings. The molecule has 7 heteroatoms. The zero-order valence-electron chi connectivity index (χ0n) is 2.84. The first-order valence-electron chi connectivity index (χ1n) is 0.845. The fourth-order valence-electron chi connectivity index (χ4n) is 0. The van der Waals surface area contributed by atoms with E-state index in [1.165, 1.54) is 0 Å². The van der Waals surface area contributed by atoms with Gasteiger partial charge in [0.25, 0.3) is 0 Å². The van der Waals surface area contributed by atoms with Crippen LogP contribution < -0.4 is 0 Å². The van der Waals surface area contributed by atoms with Crippen LogP contribution in [0.1, 0.15) is 0 Å². The molecule has 0 aliphatic heterocycles. The Hall–Kier alpha value is 1.39. The molecule has 0 aliphatic carbocycles. The SMILES string of the molecule is [F][Sb]([F])([F])([F])[F].[Pb]. The molecule has 44 valence electrons. The Balaban J connectivity index is 0. The molecule has 0 rings (SSSR count). The minimum Gasteiger partial charge on any atom is 0 e. The molecule has 0 aromatic heterocycles. The third-order valence-electron chi connectivity index (χ3n) is 0. The smallest absolute Gasteiger partial charge is 0 e. The summed E-state index contributed by atoms with van der Waals surface area (Å²) in [5.74, 6) is 0. The van der Waals surface area contributed by atoms with Gasteiger partial charge in [-0.05, 0) is 0 Å². The first-order chi connectivity index (χ1) is 2.24. The summed E-state index contributed by atoms with van der Waals surface area (Å²) in [7, 11) is 0. The number of hydrogen-bond donors (Lipinski definition) is 0. The van der Waals surface area contributed by atoms with Gasteiger partial charge in [-0.1, -0.05) is 0 Å². The van der Waals surface area contributed by atoms with E-state index in [0.29, 0.717) is 0 Å². The van der Waals surface area contributed by atoms with Gasteiger partial charge < -0.3 is 0 Å². The van der Waals surface area contributed by atoms with Crippen molar-refractivity contribution in [2.24, 2.45) is 0 Å².